The second-order valence-electron chi connectivity index (χ2n) is 8.50. The number of hydrogen-bond donors (Lipinski definition) is 3. The van der Waals surface area contributed by atoms with E-state index in [9.17, 15) is 9.90 Å². The number of hydroxylamine groups is 1. The number of piperidine rings is 1. The molecule has 166 valence electrons. The van der Waals surface area contributed by atoms with Crippen molar-refractivity contribution < 1.29 is 19.8 Å². The van der Waals surface area contributed by atoms with Crippen LogP contribution in [-0.4, -0.2) is 59.0 Å². The molecule has 2 unspecified atom stereocenters. The van der Waals surface area contributed by atoms with E-state index in [4.69, 9.17) is 9.94 Å². The zero-order valence-electron chi connectivity index (χ0n) is 17.8. The van der Waals surface area contributed by atoms with Gasteiger partial charge in [-0.1, -0.05) is 37.6 Å². The number of carbonyl (C=O) groups is 1. The zero-order valence-corrected chi connectivity index (χ0v) is 17.8. The van der Waals surface area contributed by atoms with Crippen molar-refractivity contribution >= 4 is 5.97 Å². The molecule has 0 spiro atoms. The number of nitrogens with zero attached hydrogens (tertiary/aromatic N) is 3. The number of aliphatic carboxylic acids is 1. The maximum absolute atomic E-state index is 10.9. The van der Waals surface area contributed by atoms with Gasteiger partial charge in [-0.2, -0.15) is 15.7 Å². The van der Waals surface area contributed by atoms with Crippen LogP contribution in [0.3, 0.4) is 0 Å². The van der Waals surface area contributed by atoms with Crippen LogP contribution >= 0.6 is 0 Å². The molecule has 0 saturated carbocycles. The number of hydrogen-bond acceptors (Lipinski definition) is 7. The van der Waals surface area contributed by atoms with Gasteiger partial charge in [0, 0.05) is 19.5 Å². The van der Waals surface area contributed by atoms with Crippen molar-refractivity contribution in [2.75, 3.05) is 26.2 Å². The SMILES string of the molecule is CCCCN=NCc1ccc(C2CC(CC3(O)CCN(CC(=O)O)CC3)ON2)cc1. The molecule has 0 aromatic heterocycles. The molecule has 8 nitrogen and oxygen atoms in total. The lowest BCUT2D eigenvalue weighted by Gasteiger charge is -2.38. The zero-order chi connectivity index (χ0) is 21.4. The fraction of sp³-hybridized carbons (Fsp3) is 0.682. The third kappa shape index (κ3) is 6.84. The van der Waals surface area contributed by atoms with E-state index in [1.165, 1.54) is 0 Å². The Balaban J connectivity index is 1.44. The summed E-state index contributed by atoms with van der Waals surface area (Å²) in [6.07, 6.45) is 4.67. The van der Waals surface area contributed by atoms with Gasteiger partial charge >= 0.3 is 5.97 Å². The molecule has 3 rings (SSSR count). The molecule has 2 aliphatic rings. The van der Waals surface area contributed by atoms with Crippen LogP contribution in [0.4, 0.5) is 0 Å². The van der Waals surface area contributed by atoms with Crippen molar-refractivity contribution in [3.05, 3.63) is 35.4 Å². The molecule has 1 aromatic carbocycles. The quantitative estimate of drug-likeness (QED) is 0.398. The van der Waals surface area contributed by atoms with Crippen molar-refractivity contribution in [1.82, 2.24) is 10.4 Å². The maximum atomic E-state index is 10.9. The van der Waals surface area contributed by atoms with Gasteiger partial charge in [0.25, 0.3) is 0 Å². The Labute approximate surface area is 178 Å². The van der Waals surface area contributed by atoms with Gasteiger partial charge in [0.05, 0.1) is 37.4 Å². The topological polar surface area (TPSA) is 107 Å². The predicted molar refractivity (Wildman–Crippen MR) is 113 cm³/mol. The van der Waals surface area contributed by atoms with E-state index in [2.05, 4.69) is 46.9 Å². The minimum atomic E-state index is -0.822. The Morgan fingerprint density at radius 3 is 2.67 bits per heavy atom. The molecule has 8 heteroatoms. The molecular weight excluding hydrogens is 384 g/mol. The fourth-order valence-corrected chi connectivity index (χ4v) is 4.10. The molecule has 1 aromatic rings. The molecule has 2 fully saturated rings. The number of carboxylic acid groups (broad SMARTS) is 1. The first-order valence-corrected chi connectivity index (χ1v) is 11.0. The minimum absolute atomic E-state index is 0.0374. The summed E-state index contributed by atoms with van der Waals surface area (Å²) in [5.74, 6) is -0.822. The summed E-state index contributed by atoms with van der Waals surface area (Å²) in [4.78, 5) is 18.5. The van der Waals surface area contributed by atoms with Gasteiger partial charge in [-0.15, -0.1) is 0 Å². The van der Waals surface area contributed by atoms with Crippen LogP contribution in [0.5, 0.6) is 0 Å². The Morgan fingerprint density at radius 2 is 2.00 bits per heavy atom. The van der Waals surface area contributed by atoms with Gasteiger partial charge in [-0.3, -0.25) is 14.5 Å². The number of rotatable bonds is 10. The number of benzene rings is 1. The first-order valence-electron chi connectivity index (χ1n) is 11.0. The Kier molecular flexibility index (Phi) is 8.32. The molecular formula is C22H34N4O4. The smallest absolute Gasteiger partial charge is 0.317 e. The molecule has 0 radical (unpaired) electrons. The molecule has 0 bridgehead atoms. The highest BCUT2D eigenvalue weighted by Gasteiger charge is 2.38. The van der Waals surface area contributed by atoms with E-state index in [1.54, 1.807) is 0 Å². The summed E-state index contributed by atoms with van der Waals surface area (Å²) in [5, 5.41) is 28.2. The highest BCUT2D eigenvalue weighted by atomic mass is 16.7. The van der Waals surface area contributed by atoms with E-state index in [1.807, 2.05) is 4.90 Å². The van der Waals surface area contributed by atoms with Crippen LogP contribution in [0.15, 0.2) is 34.5 Å². The molecule has 3 N–H and O–H groups in total. The third-order valence-electron chi connectivity index (χ3n) is 5.98. The van der Waals surface area contributed by atoms with Gasteiger partial charge in [-0.05, 0) is 36.8 Å². The van der Waals surface area contributed by atoms with E-state index in [0.717, 1.165) is 36.9 Å². The average Bonchev–Trinajstić information content (AvgIpc) is 3.18. The Bertz CT molecular complexity index is 702. The Morgan fingerprint density at radius 1 is 1.27 bits per heavy atom. The number of nitrogens with one attached hydrogen (secondary N) is 1. The number of carboxylic acids is 1. The average molecular weight is 419 g/mol. The fourth-order valence-electron chi connectivity index (χ4n) is 4.10. The van der Waals surface area contributed by atoms with Crippen molar-refractivity contribution in [1.29, 1.82) is 0 Å². The molecule has 2 aliphatic heterocycles. The summed E-state index contributed by atoms with van der Waals surface area (Å²) < 4.78 is 0. The van der Waals surface area contributed by atoms with Crippen LogP contribution in [-0.2, 0) is 16.2 Å². The molecule has 2 saturated heterocycles. The van der Waals surface area contributed by atoms with Crippen LogP contribution in [0.25, 0.3) is 0 Å². The van der Waals surface area contributed by atoms with Crippen LogP contribution in [0, 0.1) is 0 Å². The van der Waals surface area contributed by atoms with Crippen molar-refractivity contribution in [2.24, 2.45) is 10.2 Å². The van der Waals surface area contributed by atoms with Crippen LogP contribution in [0.2, 0.25) is 0 Å². The van der Waals surface area contributed by atoms with Gasteiger partial charge < -0.3 is 10.2 Å². The minimum Gasteiger partial charge on any atom is -0.480 e. The second kappa shape index (κ2) is 10.9. The summed E-state index contributed by atoms with van der Waals surface area (Å²) >= 11 is 0. The monoisotopic (exact) mass is 418 g/mol. The van der Waals surface area contributed by atoms with Crippen molar-refractivity contribution in [3.8, 4) is 0 Å². The lowest BCUT2D eigenvalue weighted by molar-refractivity contribution is -0.140. The molecule has 2 atom stereocenters. The first-order chi connectivity index (χ1) is 14.5. The largest absolute Gasteiger partial charge is 0.480 e. The number of unbranched alkanes of at least 4 members (excludes halogenated alkanes) is 1. The van der Waals surface area contributed by atoms with Gasteiger partial charge in [-0.25, -0.2) is 0 Å². The standard InChI is InChI=1S/C22H34N4O4/c1-2-3-10-23-24-15-17-4-6-18(7-5-17)20-13-19(30-25-20)14-22(29)8-11-26(12-9-22)16-21(27)28/h4-7,19-20,25,29H,2-3,8-16H2,1H3,(H,27,28). The summed E-state index contributed by atoms with van der Waals surface area (Å²) in [6.45, 7) is 4.78. The lowest BCUT2D eigenvalue weighted by Crippen LogP contribution is -2.47. The van der Waals surface area contributed by atoms with Gasteiger partial charge in [0.15, 0.2) is 0 Å². The first kappa shape index (κ1) is 22.8. The maximum Gasteiger partial charge on any atom is 0.317 e. The normalized spacial score (nSPS) is 24.5. The number of likely N-dealkylation sites (tertiary alicyclic amines) is 1. The van der Waals surface area contributed by atoms with Crippen molar-refractivity contribution in [2.45, 2.75) is 69.7 Å². The number of azo groups is 1. The van der Waals surface area contributed by atoms with Crippen LogP contribution in [0.1, 0.15) is 62.6 Å². The second-order valence-corrected chi connectivity index (χ2v) is 8.50. The van der Waals surface area contributed by atoms with E-state index >= 15 is 0 Å². The molecule has 30 heavy (non-hydrogen) atoms. The van der Waals surface area contributed by atoms with Crippen molar-refractivity contribution in [3.63, 3.8) is 0 Å². The van der Waals surface area contributed by atoms with Gasteiger partial charge in [0.1, 0.15) is 0 Å². The predicted octanol–water partition coefficient (Wildman–Crippen LogP) is 3.08. The molecule has 2 heterocycles. The van der Waals surface area contributed by atoms with Gasteiger partial charge in [0.2, 0.25) is 0 Å². The third-order valence-corrected chi connectivity index (χ3v) is 5.98. The molecule has 0 amide bonds. The Hall–Kier alpha value is -1.87. The summed E-state index contributed by atoms with van der Waals surface area (Å²) in [5.41, 5.74) is 4.62. The van der Waals surface area contributed by atoms with E-state index in [-0.39, 0.29) is 18.7 Å². The lowest BCUT2D eigenvalue weighted by atomic mass is 9.84. The highest BCUT2D eigenvalue weighted by molar-refractivity contribution is 5.69. The number of aliphatic hydroxyl groups is 1. The highest BCUT2D eigenvalue weighted by Crippen LogP contribution is 2.34. The van der Waals surface area contributed by atoms with Crippen LogP contribution < -0.4 is 5.48 Å². The summed E-state index contributed by atoms with van der Waals surface area (Å²) in [7, 11) is 0. The van der Waals surface area contributed by atoms with E-state index in [0.29, 0.717) is 38.9 Å². The summed E-state index contributed by atoms with van der Waals surface area (Å²) in [6, 6.07) is 8.45. The van der Waals surface area contributed by atoms with E-state index < -0.39 is 11.6 Å². The molecule has 0 aliphatic carbocycles.